The number of carbonyl (C=O) groups excluding carboxylic acids is 1. The van der Waals surface area contributed by atoms with Gasteiger partial charge in [-0.15, -0.1) is 0 Å². The van der Waals surface area contributed by atoms with E-state index in [2.05, 4.69) is 0 Å². The molecule has 0 saturated carbocycles. The molecule has 0 bridgehead atoms. The van der Waals surface area contributed by atoms with Crippen molar-refractivity contribution >= 4 is 5.91 Å². The minimum atomic E-state index is -0.277. The number of hydrogen-bond acceptors (Lipinski definition) is 4. The number of nitrogens with zero attached hydrogens (tertiary/aromatic N) is 1. The van der Waals surface area contributed by atoms with Gasteiger partial charge >= 0.3 is 0 Å². The predicted molar refractivity (Wildman–Crippen MR) is 81.1 cm³/mol. The molecule has 1 unspecified atom stereocenters. The largest absolute Gasteiger partial charge is 0.490 e. The number of methoxy groups -OCH3 is 1. The van der Waals surface area contributed by atoms with Crippen LogP contribution in [0.1, 0.15) is 19.3 Å². The van der Waals surface area contributed by atoms with Crippen LogP contribution in [0.15, 0.2) is 24.3 Å². The third kappa shape index (κ3) is 4.68. The number of nitrogens with two attached hydrogens (primary N) is 1. The van der Waals surface area contributed by atoms with E-state index in [0.29, 0.717) is 31.8 Å². The Bertz CT molecular complexity index is 469. The zero-order chi connectivity index (χ0) is 15.9. The number of benzene rings is 1. The molecule has 1 aromatic carbocycles. The molecule has 2 N–H and O–H groups in total. The number of hydrogen-bond donors (Lipinski definition) is 1. The van der Waals surface area contributed by atoms with Crippen molar-refractivity contribution in [3.63, 3.8) is 0 Å². The Labute approximate surface area is 130 Å². The van der Waals surface area contributed by atoms with E-state index in [9.17, 15) is 9.18 Å². The molecular weight excluding hydrogens is 287 g/mol. The van der Waals surface area contributed by atoms with Gasteiger partial charge in [0.2, 0.25) is 5.91 Å². The van der Waals surface area contributed by atoms with E-state index in [4.69, 9.17) is 15.2 Å². The van der Waals surface area contributed by atoms with Crippen LogP contribution in [0.2, 0.25) is 0 Å². The number of carbonyl (C=O) groups is 1. The van der Waals surface area contributed by atoms with E-state index in [0.717, 1.165) is 12.8 Å². The first kappa shape index (κ1) is 16.7. The lowest BCUT2D eigenvalue weighted by Gasteiger charge is -2.33. The minimum Gasteiger partial charge on any atom is -0.490 e. The highest BCUT2D eigenvalue weighted by atomic mass is 19.1. The smallest absolute Gasteiger partial charge is 0.225 e. The van der Waals surface area contributed by atoms with Crippen molar-refractivity contribution in [2.75, 3.05) is 26.7 Å². The van der Waals surface area contributed by atoms with Gasteiger partial charge in [-0.1, -0.05) is 0 Å². The summed E-state index contributed by atoms with van der Waals surface area (Å²) in [5, 5.41) is 0. The van der Waals surface area contributed by atoms with Crippen molar-refractivity contribution < 1.29 is 18.7 Å². The number of amides is 1. The molecule has 0 aliphatic carbocycles. The lowest BCUT2D eigenvalue weighted by Crippen LogP contribution is -2.43. The van der Waals surface area contributed by atoms with Crippen molar-refractivity contribution in [3.8, 4) is 5.75 Å². The molecule has 1 aliphatic rings. The third-order valence-corrected chi connectivity index (χ3v) is 3.91. The quantitative estimate of drug-likeness (QED) is 0.866. The fourth-order valence-corrected chi connectivity index (χ4v) is 2.52. The summed E-state index contributed by atoms with van der Waals surface area (Å²) in [7, 11) is 1.56. The van der Waals surface area contributed by atoms with Crippen LogP contribution in [0.25, 0.3) is 0 Å². The Morgan fingerprint density at radius 2 is 2.00 bits per heavy atom. The molecule has 122 valence electrons. The Hall–Kier alpha value is -1.66. The summed E-state index contributed by atoms with van der Waals surface area (Å²) in [5.41, 5.74) is 5.54. The van der Waals surface area contributed by atoms with Gasteiger partial charge in [-0.05, 0) is 24.3 Å². The van der Waals surface area contributed by atoms with Crippen molar-refractivity contribution in [2.45, 2.75) is 31.5 Å². The fraction of sp³-hybridized carbons (Fsp3) is 0.562. The van der Waals surface area contributed by atoms with Crippen molar-refractivity contribution in [1.82, 2.24) is 4.90 Å². The maximum Gasteiger partial charge on any atom is 0.225 e. The average Bonchev–Trinajstić information content (AvgIpc) is 2.55. The van der Waals surface area contributed by atoms with E-state index in [1.165, 1.54) is 12.1 Å². The van der Waals surface area contributed by atoms with E-state index in [-0.39, 0.29) is 23.9 Å². The topological polar surface area (TPSA) is 64.8 Å². The molecule has 1 fully saturated rings. The van der Waals surface area contributed by atoms with Gasteiger partial charge in [0.25, 0.3) is 0 Å². The number of ether oxygens (including phenoxy) is 2. The summed E-state index contributed by atoms with van der Waals surface area (Å²) in [6.45, 7) is 1.66. The van der Waals surface area contributed by atoms with Gasteiger partial charge in [0.15, 0.2) is 0 Å². The Morgan fingerprint density at radius 3 is 2.55 bits per heavy atom. The normalized spacial score (nSPS) is 17.3. The molecule has 0 radical (unpaired) electrons. The molecule has 1 aromatic rings. The van der Waals surface area contributed by atoms with Crippen LogP contribution >= 0.6 is 0 Å². The molecule has 0 aromatic heterocycles. The predicted octanol–water partition coefficient (Wildman–Crippen LogP) is 1.56. The highest BCUT2D eigenvalue weighted by molar-refractivity contribution is 5.76. The summed E-state index contributed by atoms with van der Waals surface area (Å²) < 4.78 is 23.8. The zero-order valence-electron chi connectivity index (χ0n) is 12.8. The van der Waals surface area contributed by atoms with E-state index >= 15 is 0 Å². The molecule has 6 heteroatoms. The van der Waals surface area contributed by atoms with E-state index < -0.39 is 0 Å². The van der Waals surface area contributed by atoms with Gasteiger partial charge in [0.05, 0.1) is 12.5 Å². The third-order valence-electron chi connectivity index (χ3n) is 3.91. The monoisotopic (exact) mass is 310 g/mol. The van der Waals surface area contributed by atoms with Crippen LogP contribution in [-0.2, 0) is 9.53 Å². The highest BCUT2D eigenvalue weighted by Gasteiger charge is 2.25. The maximum atomic E-state index is 12.8. The fourth-order valence-electron chi connectivity index (χ4n) is 2.52. The first-order valence-corrected chi connectivity index (χ1v) is 7.55. The van der Waals surface area contributed by atoms with Gasteiger partial charge in [0, 0.05) is 39.6 Å². The minimum absolute atomic E-state index is 0.0576. The number of piperidine rings is 1. The van der Waals surface area contributed by atoms with Gasteiger partial charge in [-0.3, -0.25) is 4.79 Å². The Balaban J connectivity index is 1.77. The SMILES string of the molecule is COC(CN)CC(=O)N1CCC(Oc2ccc(F)cc2)CC1. The average molecular weight is 310 g/mol. The highest BCUT2D eigenvalue weighted by Crippen LogP contribution is 2.20. The zero-order valence-corrected chi connectivity index (χ0v) is 12.8. The number of halogens is 1. The van der Waals surface area contributed by atoms with Crippen LogP contribution < -0.4 is 10.5 Å². The Morgan fingerprint density at radius 1 is 1.36 bits per heavy atom. The van der Waals surface area contributed by atoms with Crippen LogP contribution in [0, 0.1) is 5.82 Å². The Kier molecular flexibility index (Phi) is 6.15. The standard InChI is InChI=1S/C16H23FN2O3/c1-21-15(11-18)10-16(20)19-8-6-14(7-9-19)22-13-4-2-12(17)3-5-13/h2-5,14-15H,6-11,18H2,1H3. The van der Waals surface area contributed by atoms with E-state index in [1.54, 1.807) is 19.2 Å². The molecule has 1 atom stereocenters. The second kappa shape index (κ2) is 8.10. The van der Waals surface area contributed by atoms with Gasteiger partial charge < -0.3 is 20.1 Å². The van der Waals surface area contributed by atoms with Crippen LogP contribution in [0.4, 0.5) is 4.39 Å². The molecule has 5 nitrogen and oxygen atoms in total. The van der Waals surface area contributed by atoms with Crippen molar-refractivity contribution in [1.29, 1.82) is 0 Å². The summed E-state index contributed by atoms with van der Waals surface area (Å²) in [4.78, 5) is 14.0. The van der Waals surface area contributed by atoms with Crippen LogP contribution in [-0.4, -0.2) is 49.8 Å². The second-order valence-corrected chi connectivity index (χ2v) is 5.45. The van der Waals surface area contributed by atoms with Gasteiger partial charge in [0.1, 0.15) is 17.7 Å². The summed E-state index contributed by atoms with van der Waals surface area (Å²) in [6, 6.07) is 6.01. The molecule has 22 heavy (non-hydrogen) atoms. The molecular formula is C16H23FN2O3. The molecule has 1 saturated heterocycles. The summed E-state index contributed by atoms with van der Waals surface area (Å²) in [6.07, 6.45) is 1.69. The molecule has 1 heterocycles. The van der Waals surface area contributed by atoms with Crippen molar-refractivity contribution in [3.05, 3.63) is 30.1 Å². The molecule has 0 spiro atoms. The summed E-state index contributed by atoms with van der Waals surface area (Å²) in [5.74, 6) is 0.451. The molecule has 1 amide bonds. The molecule has 2 rings (SSSR count). The summed E-state index contributed by atoms with van der Waals surface area (Å²) >= 11 is 0. The van der Waals surface area contributed by atoms with Crippen LogP contribution in [0.5, 0.6) is 5.75 Å². The number of likely N-dealkylation sites (tertiary alicyclic amines) is 1. The van der Waals surface area contributed by atoms with Crippen LogP contribution in [0.3, 0.4) is 0 Å². The first-order valence-electron chi connectivity index (χ1n) is 7.55. The number of rotatable bonds is 6. The van der Waals surface area contributed by atoms with E-state index in [1.807, 2.05) is 4.90 Å². The lowest BCUT2D eigenvalue weighted by molar-refractivity contribution is -0.135. The second-order valence-electron chi connectivity index (χ2n) is 5.45. The van der Waals surface area contributed by atoms with Gasteiger partial charge in [-0.25, -0.2) is 4.39 Å². The van der Waals surface area contributed by atoms with Crippen molar-refractivity contribution in [2.24, 2.45) is 5.73 Å². The van der Waals surface area contributed by atoms with Gasteiger partial charge in [-0.2, -0.15) is 0 Å². The first-order chi connectivity index (χ1) is 10.6. The lowest BCUT2D eigenvalue weighted by atomic mass is 10.1. The molecule has 1 aliphatic heterocycles. The maximum absolute atomic E-state index is 12.8.